The maximum absolute atomic E-state index is 12.7. The minimum Gasteiger partial charge on any atom is -0.399 e. The molecular formula is C18H23N5O2. The van der Waals surface area contributed by atoms with Crippen LogP contribution in [-0.4, -0.2) is 54.3 Å². The average molecular weight is 341 g/mol. The Bertz CT molecular complexity index is 697. The van der Waals surface area contributed by atoms with Crippen LogP contribution in [0.4, 0.5) is 11.4 Å². The summed E-state index contributed by atoms with van der Waals surface area (Å²) in [6.07, 6.45) is 1.56. The molecule has 7 nitrogen and oxygen atoms in total. The summed E-state index contributed by atoms with van der Waals surface area (Å²) in [6.45, 7) is 7.64. The molecule has 1 saturated heterocycles. The van der Waals surface area contributed by atoms with Gasteiger partial charge in [-0.05, 0) is 30.8 Å². The molecule has 1 aliphatic heterocycles. The Morgan fingerprint density at radius 1 is 1.24 bits per heavy atom. The highest BCUT2D eigenvalue weighted by molar-refractivity contribution is 6.21. The highest BCUT2D eigenvalue weighted by Crippen LogP contribution is 2.19. The van der Waals surface area contributed by atoms with Crippen molar-refractivity contribution in [1.82, 2.24) is 9.80 Å². The summed E-state index contributed by atoms with van der Waals surface area (Å²) in [4.78, 5) is 30.0. The van der Waals surface area contributed by atoms with Crippen LogP contribution in [-0.2, 0) is 9.59 Å². The van der Waals surface area contributed by atoms with E-state index >= 15 is 0 Å². The zero-order valence-electron chi connectivity index (χ0n) is 14.6. The maximum Gasteiger partial charge on any atom is 0.277 e. The molecule has 0 spiro atoms. The SMILES string of the molecule is CCN1CCN(/C=C(/C#N)C(=O)N(C(C)=O)c2ccc(N)cc2)CC1. The van der Waals surface area contributed by atoms with Crippen LogP contribution in [0.25, 0.3) is 0 Å². The van der Waals surface area contributed by atoms with Crippen molar-refractivity contribution in [2.24, 2.45) is 0 Å². The van der Waals surface area contributed by atoms with E-state index in [0.29, 0.717) is 11.4 Å². The number of hydrogen-bond donors (Lipinski definition) is 1. The van der Waals surface area contributed by atoms with E-state index in [2.05, 4.69) is 11.8 Å². The number of imide groups is 1. The molecule has 0 aromatic heterocycles. The minimum atomic E-state index is -0.627. The van der Waals surface area contributed by atoms with Gasteiger partial charge in [-0.25, -0.2) is 4.90 Å². The molecule has 2 N–H and O–H groups in total. The Morgan fingerprint density at radius 3 is 2.32 bits per heavy atom. The van der Waals surface area contributed by atoms with Crippen LogP contribution in [0.15, 0.2) is 36.0 Å². The lowest BCUT2D eigenvalue weighted by Crippen LogP contribution is -2.44. The number of carbonyl (C=O) groups is 2. The molecule has 132 valence electrons. The molecule has 0 saturated carbocycles. The molecule has 1 aliphatic rings. The molecule has 0 bridgehead atoms. The third-order valence-electron chi connectivity index (χ3n) is 4.19. The van der Waals surface area contributed by atoms with E-state index in [0.717, 1.165) is 37.6 Å². The van der Waals surface area contributed by atoms with Gasteiger partial charge in [0.25, 0.3) is 5.91 Å². The van der Waals surface area contributed by atoms with Gasteiger partial charge < -0.3 is 15.5 Å². The highest BCUT2D eigenvalue weighted by atomic mass is 16.2. The number of anilines is 2. The molecule has 0 unspecified atom stereocenters. The summed E-state index contributed by atoms with van der Waals surface area (Å²) in [5.74, 6) is -1.08. The zero-order chi connectivity index (χ0) is 18.4. The molecule has 25 heavy (non-hydrogen) atoms. The number of nitrogens with zero attached hydrogens (tertiary/aromatic N) is 4. The quantitative estimate of drug-likeness (QED) is 0.502. The second-order valence-corrected chi connectivity index (χ2v) is 5.88. The number of amides is 2. The lowest BCUT2D eigenvalue weighted by Gasteiger charge is -2.33. The van der Waals surface area contributed by atoms with Crippen LogP contribution in [0.1, 0.15) is 13.8 Å². The van der Waals surface area contributed by atoms with Gasteiger partial charge in [-0.2, -0.15) is 5.26 Å². The monoisotopic (exact) mass is 341 g/mol. The van der Waals surface area contributed by atoms with Crippen molar-refractivity contribution in [3.63, 3.8) is 0 Å². The lowest BCUT2D eigenvalue weighted by molar-refractivity contribution is -0.123. The molecular weight excluding hydrogens is 318 g/mol. The van der Waals surface area contributed by atoms with Crippen molar-refractivity contribution in [2.75, 3.05) is 43.4 Å². The first-order chi connectivity index (χ1) is 12.0. The van der Waals surface area contributed by atoms with Gasteiger partial charge >= 0.3 is 0 Å². The first kappa shape index (κ1) is 18.5. The Labute approximate surface area is 147 Å². The van der Waals surface area contributed by atoms with Crippen molar-refractivity contribution in [3.8, 4) is 6.07 Å². The standard InChI is InChI=1S/C18H23N5O2/c1-3-21-8-10-22(11-9-21)13-15(12-19)18(25)23(14(2)24)17-6-4-16(20)5-7-17/h4-7,13H,3,8-11,20H2,1-2H3/b15-13-. The molecule has 7 heteroatoms. The van der Waals surface area contributed by atoms with Gasteiger partial charge in [0.2, 0.25) is 5.91 Å². The van der Waals surface area contributed by atoms with Gasteiger partial charge in [-0.3, -0.25) is 9.59 Å². The molecule has 2 rings (SSSR count). The first-order valence-electron chi connectivity index (χ1n) is 8.25. The van der Waals surface area contributed by atoms with Gasteiger partial charge in [-0.15, -0.1) is 0 Å². The van der Waals surface area contributed by atoms with E-state index in [1.807, 2.05) is 11.0 Å². The van der Waals surface area contributed by atoms with Crippen molar-refractivity contribution in [2.45, 2.75) is 13.8 Å². The molecule has 0 aliphatic carbocycles. The van der Waals surface area contributed by atoms with Gasteiger partial charge in [0.15, 0.2) is 0 Å². The van der Waals surface area contributed by atoms with Crippen LogP contribution in [0.3, 0.4) is 0 Å². The van der Waals surface area contributed by atoms with E-state index in [1.54, 1.807) is 30.5 Å². The number of carbonyl (C=O) groups excluding carboxylic acids is 2. The number of likely N-dealkylation sites (N-methyl/N-ethyl adjacent to an activating group) is 1. The molecule has 0 atom stereocenters. The van der Waals surface area contributed by atoms with E-state index in [4.69, 9.17) is 5.73 Å². The van der Waals surface area contributed by atoms with Gasteiger partial charge in [0, 0.05) is 45.0 Å². The van der Waals surface area contributed by atoms with Crippen LogP contribution in [0.2, 0.25) is 0 Å². The van der Waals surface area contributed by atoms with Crippen molar-refractivity contribution < 1.29 is 9.59 Å². The van der Waals surface area contributed by atoms with E-state index in [-0.39, 0.29) is 5.57 Å². The van der Waals surface area contributed by atoms with Gasteiger partial charge in [0.1, 0.15) is 11.6 Å². The summed E-state index contributed by atoms with van der Waals surface area (Å²) in [5.41, 5.74) is 6.51. The lowest BCUT2D eigenvalue weighted by atomic mass is 10.2. The maximum atomic E-state index is 12.7. The van der Waals surface area contributed by atoms with E-state index in [1.165, 1.54) is 6.92 Å². The van der Waals surface area contributed by atoms with Crippen LogP contribution >= 0.6 is 0 Å². The number of nitriles is 1. The second kappa shape index (κ2) is 8.31. The second-order valence-electron chi connectivity index (χ2n) is 5.88. The Morgan fingerprint density at radius 2 is 1.84 bits per heavy atom. The van der Waals surface area contributed by atoms with Crippen LogP contribution < -0.4 is 10.6 Å². The molecule has 0 radical (unpaired) electrons. The first-order valence-corrected chi connectivity index (χ1v) is 8.25. The number of rotatable bonds is 4. The summed E-state index contributed by atoms with van der Waals surface area (Å²) in [7, 11) is 0. The number of hydrogen-bond acceptors (Lipinski definition) is 6. The predicted octanol–water partition coefficient (Wildman–Crippen LogP) is 1.19. The van der Waals surface area contributed by atoms with E-state index < -0.39 is 11.8 Å². The number of nitrogen functional groups attached to an aromatic ring is 1. The molecule has 1 aromatic carbocycles. The Kier molecular flexibility index (Phi) is 6.14. The fraction of sp³-hybridized carbons (Fsp3) is 0.389. The summed E-state index contributed by atoms with van der Waals surface area (Å²) < 4.78 is 0. The average Bonchev–Trinajstić information content (AvgIpc) is 2.61. The van der Waals surface area contributed by atoms with Gasteiger partial charge in [0.05, 0.1) is 5.69 Å². The van der Waals surface area contributed by atoms with Crippen LogP contribution in [0.5, 0.6) is 0 Å². The predicted molar refractivity (Wildman–Crippen MR) is 96.4 cm³/mol. The van der Waals surface area contributed by atoms with Crippen molar-refractivity contribution in [3.05, 3.63) is 36.0 Å². The summed E-state index contributed by atoms with van der Waals surface area (Å²) in [5, 5.41) is 9.41. The zero-order valence-corrected chi connectivity index (χ0v) is 14.6. The summed E-state index contributed by atoms with van der Waals surface area (Å²) in [6, 6.07) is 8.32. The van der Waals surface area contributed by atoms with Gasteiger partial charge in [-0.1, -0.05) is 6.92 Å². The Balaban J connectivity index is 2.21. The number of piperazine rings is 1. The van der Waals surface area contributed by atoms with E-state index in [9.17, 15) is 14.9 Å². The molecule has 1 heterocycles. The molecule has 2 amide bonds. The normalized spacial score (nSPS) is 15.6. The van der Waals surface area contributed by atoms with Crippen molar-refractivity contribution >= 4 is 23.2 Å². The summed E-state index contributed by atoms with van der Waals surface area (Å²) >= 11 is 0. The van der Waals surface area contributed by atoms with Crippen LogP contribution in [0, 0.1) is 11.3 Å². The third-order valence-corrected chi connectivity index (χ3v) is 4.19. The number of nitrogens with two attached hydrogens (primary N) is 1. The number of benzene rings is 1. The molecule has 1 aromatic rings. The van der Waals surface area contributed by atoms with Crippen molar-refractivity contribution in [1.29, 1.82) is 5.26 Å². The Hall–Kier alpha value is -2.85. The fourth-order valence-electron chi connectivity index (χ4n) is 2.71. The molecule has 1 fully saturated rings. The largest absolute Gasteiger partial charge is 0.399 e. The highest BCUT2D eigenvalue weighted by Gasteiger charge is 2.25. The smallest absolute Gasteiger partial charge is 0.277 e. The topological polar surface area (TPSA) is 93.7 Å². The minimum absolute atomic E-state index is 0.0584. The fourth-order valence-corrected chi connectivity index (χ4v) is 2.71. The third kappa shape index (κ3) is 4.58.